The standard InChI is InChI=1S/C64H58BN3S/c1-37-32-54-58-55(33-37)68-59-46(57-60(68)45-19-12-14-22-47(45)64(57,10)11)21-16-23-49(59)65(58)48-29-28-42(36-53(48)67(54)52-24-17-20-44-43-18-13-15-25-56(43)69-61(44)52)66(50-30-26-40(34-38(50)2)62(4,5)6)51-31-27-41(35-39(51)3)63(7,8)9/h12-36H,1-11H3. The fourth-order valence-electron chi connectivity index (χ4n) is 12.6. The Bertz CT molecular complexity index is 3790. The third-order valence-electron chi connectivity index (χ3n) is 15.9. The number of anilines is 6. The Kier molecular flexibility index (Phi) is 8.81. The maximum absolute atomic E-state index is 2.67. The van der Waals surface area contributed by atoms with Gasteiger partial charge in [-0.05, 0) is 135 Å². The average Bonchev–Trinajstić information content (AvgIpc) is 3.95. The molecule has 0 spiro atoms. The van der Waals surface area contributed by atoms with E-state index < -0.39 is 0 Å². The van der Waals surface area contributed by atoms with E-state index in [9.17, 15) is 0 Å². The molecular weight excluding hydrogens is 854 g/mol. The molecule has 0 bridgehead atoms. The molecule has 3 aliphatic rings. The van der Waals surface area contributed by atoms with Crippen LogP contribution in [-0.4, -0.2) is 11.3 Å². The third kappa shape index (κ3) is 5.93. The van der Waals surface area contributed by atoms with Crippen LogP contribution in [0, 0.1) is 20.8 Å². The number of benzene rings is 8. The van der Waals surface area contributed by atoms with Crippen LogP contribution in [0.5, 0.6) is 0 Å². The number of nitrogens with zero attached hydrogens (tertiary/aromatic N) is 3. The highest BCUT2D eigenvalue weighted by Crippen LogP contribution is 2.55. The summed E-state index contributed by atoms with van der Waals surface area (Å²) in [7, 11) is 0. The van der Waals surface area contributed by atoms with Crippen LogP contribution in [0.1, 0.15) is 94.3 Å². The van der Waals surface area contributed by atoms with Gasteiger partial charge in [-0.1, -0.05) is 159 Å². The minimum atomic E-state index is -0.146. The predicted molar refractivity (Wildman–Crippen MR) is 299 cm³/mol. The Morgan fingerprint density at radius 1 is 0.551 bits per heavy atom. The summed E-state index contributed by atoms with van der Waals surface area (Å²) in [6.07, 6.45) is 0. The Hall–Kier alpha value is -6.82. The van der Waals surface area contributed by atoms with Crippen molar-refractivity contribution in [3.63, 3.8) is 0 Å². The molecule has 4 heterocycles. The van der Waals surface area contributed by atoms with Crippen LogP contribution < -0.4 is 26.2 Å². The van der Waals surface area contributed by atoms with Crippen molar-refractivity contribution in [3.8, 4) is 16.9 Å². The van der Waals surface area contributed by atoms with Crippen molar-refractivity contribution in [2.75, 3.05) is 9.80 Å². The molecule has 69 heavy (non-hydrogen) atoms. The summed E-state index contributed by atoms with van der Waals surface area (Å²) < 4.78 is 5.28. The molecule has 0 unspecified atom stereocenters. The van der Waals surface area contributed by atoms with Crippen LogP contribution in [0.2, 0.25) is 0 Å². The van der Waals surface area contributed by atoms with E-state index in [0.29, 0.717) is 0 Å². The Balaban J connectivity index is 1.13. The molecule has 338 valence electrons. The van der Waals surface area contributed by atoms with E-state index in [2.05, 4.69) is 242 Å². The lowest BCUT2D eigenvalue weighted by Crippen LogP contribution is -2.60. The third-order valence-corrected chi connectivity index (χ3v) is 17.1. The van der Waals surface area contributed by atoms with Gasteiger partial charge in [0.05, 0.1) is 16.1 Å². The van der Waals surface area contributed by atoms with E-state index in [0.717, 1.165) is 5.69 Å². The van der Waals surface area contributed by atoms with Gasteiger partial charge in [-0.25, -0.2) is 0 Å². The van der Waals surface area contributed by atoms with Gasteiger partial charge < -0.3 is 14.4 Å². The van der Waals surface area contributed by atoms with Gasteiger partial charge in [0.15, 0.2) is 0 Å². The molecule has 1 aliphatic carbocycles. The molecule has 13 rings (SSSR count). The van der Waals surface area contributed by atoms with Crippen molar-refractivity contribution in [2.45, 2.75) is 92.4 Å². The number of thiophene rings is 1. The van der Waals surface area contributed by atoms with Crippen LogP contribution in [0.25, 0.3) is 48.0 Å². The predicted octanol–water partition coefficient (Wildman–Crippen LogP) is 15.9. The van der Waals surface area contributed by atoms with Gasteiger partial charge in [-0.15, -0.1) is 11.3 Å². The summed E-state index contributed by atoms with van der Waals surface area (Å²) in [5.74, 6) is 0. The molecule has 0 saturated carbocycles. The molecule has 0 saturated heterocycles. The van der Waals surface area contributed by atoms with Crippen molar-refractivity contribution < 1.29 is 0 Å². The van der Waals surface area contributed by atoms with E-state index in [4.69, 9.17) is 0 Å². The van der Waals surface area contributed by atoms with Crippen molar-refractivity contribution in [1.82, 2.24) is 4.57 Å². The topological polar surface area (TPSA) is 11.4 Å². The molecule has 3 nitrogen and oxygen atoms in total. The van der Waals surface area contributed by atoms with Crippen LogP contribution in [0.3, 0.4) is 0 Å². The highest BCUT2D eigenvalue weighted by molar-refractivity contribution is 7.26. The van der Waals surface area contributed by atoms with Crippen molar-refractivity contribution in [1.29, 1.82) is 0 Å². The second kappa shape index (κ2) is 14.4. The SMILES string of the molecule is Cc1cc2c3c(c1)-n1c4c(c5cccc(c51)B3c1ccc(N(c3ccc(C(C)(C)C)cc3C)c3ccc(C(C)(C)C)cc3C)cc1N2c1cccc2c1sc1ccccc12)C(C)(C)c1ccccc1-4. The summed E-state index contributed by atoms with van der Waals surface area (Å²) in [6.45, 7) is 25.6. The summed E-state index contributed by atoms with van der Waals surface area (Å²) in [4.78, 5) is 5.19. The van der Waals surface area contributed by atoms with Crippen LogP contribution in [0.15, 0.2) is 152 Å². The molecule has 0 amide bonds. The molecule has 0 atom stereocenters. The van der Waals surface area contributed by atoms with Gasteiger partial charge in [0, 0.05) is 71.5 Å². The molecule has 0 N–H and O–H groups in total. The van der Waals surface area contributed by atoms with Crippen molar-refractivity contribution in [3.05, 3.63) is 191 Å². The summed E-state index contributed by atoms with van der Waals surface area (Å²) >= 11 is 1.91. The first-order valence-corrected chi connectivity index (χ1v) is 25.6. The lowest BCUT2D eigenvalue weighted by Gasteiger charge is -2.41. The first kappa shape index (κ1) is 42.3. The van der Waals surface area contributed by atoms with Crippen LogP contribution in [-0.2, 0) is 16.2 Å². The van der Waals surface area contributed by atoms with E-state index in [1.165, 1.54) is 132 Å². The van der Waals surface area contributed by atoms with Gasteiger partial charge in [-0.2, -0.15) is 0 Å². The molecule has 2 aromatic heterocycles. The highest BCUT2D eigenvalue weighted by atomic mass is 32.1. The van der Waals surface area contributed by atoms with Gasteiger partial charge in [0.2, 0.25) is 0 Å². The number of para-hydroxylation sites is 1. The number of hydrogen-bond donors (Lipinski definition) is 0. The van der Waals surface area contributed by atoms with Gasteiger partial charge in [0.25, 0.3) is 6.71 Å². The molecule has 10 aromatic rings. The molecule has 0 radical (unpaired) electrons. The van der Waals surface area contributed by atoms with Crippen LogP contribution >= 0.6 is 11.3 Å². The lowest BCUT2D eigenvalue weighted by atomic mass is 9.33. The summed E-state index contributed by atoms with van der Waals surface area (Å²) in [5, 5.41) is 3.97. The molecule has 8 aromatic carbocycles. The number of fused-ring (bicyclic) bond motifs is 12. The molecular formula is C64H58BN3S. The van der Waals surface area contributed by atoms with Gasteiger partial charge >= 0.3 is 0 Å². The van der Waals surface area contributed by atoms with Gasteiger partial charge in [-0.3, -0.25) is 0 Å². The number of aryl methyl sites for hydroxylation is 3. The van der Waals surface area contributed by atoms with Crippen LogP contribution in [0.4, 0.5) is 34.1 Å². The molecule has 2 aliphatic heterocycles. The number of aromatic nitrogens is 1. The zero-order valence-electron chi connectivity index (χ0n) is 41.8. The number of hydrogen-bond acceptors (Lipinski definition) is 3. The Morgan fingerprint density at radius 3 is 1.90 bits per heavy atom. The normalized spacial score (nSPS) is 14.4. The zero-order chi connectivity index (χ0) is 47.6. The Labute approximate surface area is 411 Å². The zero-order valence-corrected chi connectivity index (χ0v) is 42.6. The number of rotatable bonds is 4. The highest BCUT2D eigenvalue weighted by Gasteiger charge is 2.47. The molecule has 5 heteroatoms. The van der Waals surface area contributed by atoms with E-state index in [-0.39, 0.29) is 23.0 Å². The smallest absolute Gasteiger partial charge is 0.252 e. The summed E-state index contributed by atoms with van der Waals surface area (Å²) in [6, 6.07) is 58.8. The van der Waals surface area contributed by atoms with Crippen molar-refractivity contribution in [2.24, 2.45) is 0 Å². The van der Waals surface area contributed by atoms with Crippen molar-refractivity contribution >= 4 is 99.6 Å². The van der Waals surface area contributed by atoms with E-state index in [1.807, 2.05) is 11.3 Å². The molecule has 0 fully saturated rings. The maximum Gasteiger partial charge on any atom is 0.252 e. The summed E-state index contributed by atoms with van der Waals surface area (Å²) in [5.41, 5.74) is 25.8. The van der Waals surface area contributed by atoms with E-state index in [1.54, 1.807) is 0 Å². The Morgan fingerprint density at radius 2 is 1.19 bits per heavy atom. The minimum absolute atomic E-state index is 0.0242. The largest absolute Gasteiger partial charge is 0.310 e. The lowest BCUT2D eigenvalue weighted by molar-refractivity contribution is 0.590. The maximum atomic E-state index is 2.67. The van der Waals surface area contributed by atoms with E-state index >= 15 is 0 Å². The second-order valence-electron chi connectivity index (χ2n) is 22.8. The quantitative estimate of drug-likeness (QED) is 0.163. The first-order chi connectivity index (χ1) is 33.0. The monoisotopic (exact) mass is 911 g/mol. The van der Waals surface area contributed by atoms with Gasteiger partial charge in [0.1, 0.15) is 0 Å². The first-order valence-electron chi connectivity index (χ1n) is 24.8. The average molecular weight is 912 g/mol. The second-order valence-corrected chi connectivity index (χ2v) is 23.8. The minimum Gasteiger partial charge on any atom is -0.310 e. The fraction of sp³-hybridized carbons (Fsp3) is 0.219. The fourth-order valence-corrected chi connectivity index (χ4v) is 13.8.